The summed E-state index contributed by atoms with van der Waals surface area (Å²) in [6.07, 6.45) is 0. The van der Waals surface area contributed by atoms with Gasteiger partial charge in [0.1, 0.15) is 5.51 Å². The first-order valence-corrected chi connectivity index (χ1v) is 14.5. The number of nitrogens with one attached hydrogen (secondary N) is 1. The van der Waals surface area contributed by atoms with Crippen molar-refractivity contribution in [1.82, 2.24) is 20.2 Å². The molecule has 1 aliphatic heterocycles. The number of ether oxygens (including phenoxy) is 1. The number of carbonyl (C=O) groups is 1. The van der Waals surface area contributed by atoms with Crippen molar-refractivity contribution in [3.05, 3.63) is 70.9 Å². The minimum absolute atomic E-state index is 0.218. The van der Waals surface area contributed by atoms with E-state index in [4.69, 9.17) is 9.72 Å². The Morgan fingerprint density at radius 3 is 2.29 bits per heavy atom. The topological polar surface area (TPSA) is 124 Å². The lowest BCUT2D eigenvalue weighted by Gasteiger charge is -2.37. The molecule has 0 saturated heterocycles. The number of fused-ring (bicyclic) bond motifs is 2. The monoisotopic (exact) mass is 549 g/mol. The zero-order valence-corrected chi connectivity index (χ0v) is 23.2. The summed E-state index contributed by atoms with van der Waals surface area (Å²) < 4.78 is 31.2. The quantitative estimate of drug-likeness (QED) is 0.340. The molecule has 4 aromatic rings. The van der Waals surface area contributed by atoms with Gasteiger partial charge in [0.25, 0.3) is 0 Å². The first-order chi connectivity index (χ1) is 18.0. The molecule has 1 N–H and O–H groups in total. The summed E-state index contributed by atoms with van der Waals surface area (Å²) >= 11 is 1.25. The molecule has 0 radical (unpaired) electrons. The van der Waals surface area contributed by atoms with Crippen LogP contribution in [0.4, 0.5) is 5.13 Å². The third kappa shape index (κ3) is 4.56. The third-order valence-corrected chi connectivity index (χ3v) is 9.50. The molecule has 0 unspecified atom stereocenters. The van der Waals surface area contributed by atoms with Gasteiger partial charge in [0, 0.05) is 28.3 Å². The molecule has 38 heavy (non-hydrogen) atoms. The van der Waals surface area contributed by atoms with Gasteiger partial charge in [0.15, 0.2) is 9.84 Å². The van der Waals surface area contributed by atoms with Crippen molar-refractivity contribution < 1.29 is 17.9 Å². The Hall–Kier alpha value is -3.70. The molecule has 0 spiro atoms. The molecule has 196 valence electrons. The minimum Gasteiger partial charge on any atom is -0.420 e. The van der Waals surface area contributed by atoms with E-state index in [9.17, 15) is 13.2 Å². The highest BCUT2D eigenvalue weighted by Gasteiger charge is 2.45. The van der Waals surface area contributed by atoms with E-state index in [-0.39, 0.29) is 10.8 Å². The van der Waals surface area contributed by atoms with Crippen LogP contribution in [0.25, 0.3) is 11.3 Å². The number of sulfone groups is 1. The lowest BCUT2D eigenvalue weighted by molar-refractivity contribution is -0.124. The molecule has 11 heteroatoms. The molecule has 1 atom stereocenters. The zero-order chi connectivity index (χ0) is 27.2. The highest BCUT2D eigenvalue weighted by molar-refractivity contribution is 7.92. The van der Waals surface area contributed by atoms with Crippen LogP contribution in [0.3, 0.4) is 0 Å². The fourth-order valence-electron chi connectivity index (χ4n) is 4.50. The lowest BCUT2D eigenvalue weighted by atomic mass is 9.70. The van der Waals surface area contributed by atoms with E-state index in [2.05, 4.69) is 20.5 Å². The molecule has 5 rings (SSSR count). The fourth-order valence-corrected chi connectivity index (χ4v) is 6.00. The molecule has 4 heterocycles. The van der Waals surface area contributed by atoms with Gasteiger partial charge in [0.2, 0.25) is 22.8 Å². The van der Waals surface area contributed by atoms with Gasteiger partial charge in [-0.1, -0.05) is 49.4 Å². The molecule has 1 aromatic carbocycles. The first-order valence-electron chi connectivity index (χ1n) is 12.1. The van der Waals surface area contributed by atoms with Gasteiger partial charge in [-0.15, -0.1) is 10.2 Å². The number of amides is 1. The summed E-state index contributed by atoms with van der Waals surface area (Å²) in [5.41, 5.74) is 4.31. The smallest absolute Gasteiger partial charge is 0.232 e. The van der Waals surface area contributed by atoms with E-state index in [1.807, 2.05) is 45.0 Å². The number of pyridine rings is 2. The Kier molecular flexibility index (Phi) is 6.52. The van der Waals surface area contributed by atoms with Crippen molar-refractivity contribution >= 4 is 32.2 Å². The van der Waals surface area contributed by atoms with E-state index >= 15 is 0 Å². The number of hydrogen-bond acceptors (Lipinski definition) is 9. The molecule has 9 nitrogen and oxygen atoms in total. The second-order valence-electron chi connectivity index (χ2n) is 10.0. The lowest BCUT2D eigenvalue weighted by Crippen LogP contribution is -2.38. The van der Waals surface area contributed by atoms with Crippen LogP contribution in [0.2, 0.25) is 0 Å². The van der Waals surface area contributed by atoms with Crippen LogP contribution in [0, 0.1) is 12.3 Å². The molecule has 0 saturated carbocycles. The molecule has 0 bridgehead atoms. The Balaban J connectivity index is 1.55. The van der Waals surface area contributed by atoms with E-state index in [1.54, 1.807) is 43.6 Å². The molecule has 0 fully saturated rings. The average molecular weight is 550 g/mol. The van der Waals surface area contributed by atoms with Crippen molar-refractivity contribution in [1.29, 1.82) is 0 Å². The maximum absolute atomic E-state index is 13.5. The van der Waals surface area contributed by atoms with E-state index < -0.39 is 26.4 Å². The Labute approximate surface area is 225 Å². The standard InChI is InChI=1S/C27H27N5O4S2/c1-15(2)38(34,35)18-9-7-17(8-10-18)21-13-12-20-22(27(4,5)25(33)31-26-32-28-14-37-26)19-11-6-16(3)29-23(19)36-24(20)30-21/h6-15,22H,1-5H3,(H,31,32,33)/t22-/m0/s1. The van der Waals surface area contributed by atoms with Crippen LogP contribution >= 0.6 is 11.3 Å². The van der Waals surface area contributed by atoms with Crippen molar-refractivity contribution in [2.45, 2.75) is 50.7 Å². The molecule has 1 aliphatic rings. The Morgan fingerprint density at radius 1 is 1.00 bits per heavy atom. The highest BCUT2D eigenvalue weighted by atomic mass is 32.2. The molecular formula is C27H27N5O4S2. The average Bonchev–Trinajstić information content (AvgIpc) is 3.39. The van der Waals surface area contributed by atoms with Crippen LogP contribution in [0.1, 0.15) is 50.4 Å². The van der Waals surface area contributed by atoms with Gasteiger partial charge in [-0.3, -0.25) is 4.79 Å². The first kappa shape index (κ1) is 25.9. The Bertz CT molecular complexity index is 1620. The van der Waals surface area contributed by atoms with Crippen LogP contribution < -0.4 is 10.1 Å². The van der Waals surface area contributed by atoms with Gasteiger partial charge >= 0.3 is 0 Å². The fraction of sp³-hybridized carbons (Fsp3) is 0.296. The summed E-state index contributed by atoms with van der Waals surface area (Å²) in [5, 5.41) is 10.5. The normalized spacial score (nSPS) is 14.9. The number of anilines is 1. The van der Waals surface area contributed by atoms with Gasteiger partial charge in [-0.2, -0.15) is 0 Å². The van der Waals surface area contributed by atoms with Gasteiger partial charge in [0.05, 0.1) is 21.3 Å². The number of aryl methyl sites for hydroxylation is 1. The predicted octanol–water partition coefficient (Wildman–Crippen LogP) is 5.39. The van der Waals surface area contributed by atoms with Crippen LogP contribution in [-0.2, 0) is 14.6 Å². The highest BCUT2D eigenvalue weighted by Crippen LogP contribution is 2.51. The minimum atomic E-state index is -3.38. The second kappa shape index (κ2) is 9.55. The van der Waals surface area contributed by atoms with Gasteiger partial charge < -0.3 is 10.1 Å². The number of aromatic nitrogens is 4. The van der Waals surface area contributed by atoms with Crippen molar-refractivity contribution in [2.75, 3.05) is 5.32 Å². The molecular weight excluding hydrogens is 522 g/mol. The molecule has 0 aliphatic carbocycles. The van der Waals surface area contributed by atoms with Crippen molar-refractivity contribution in [3.63, 3.8) is 0 Å². The predicted molar refractivity (Wildman–Crippen MR) is 145 cm³/mol. The maximum atomic E-state index is 13.5. The summed E-state index contributed by atoms with van der Waals surface area (Å²) in [5.74, 6) is 0.142. The summed E-state index contributed by atoms with van der Waals surface area (Å²) in [4.78, 5) is 23.1. The van der Waals surface area contributed by atoms with E-state index in [1.165, 1.54) is 11.3 Å². The summed E-state index contributed by atoms with van der Waals surface area (Å²) in [6, 6.07) is 14.3. The SMILES string of the molecule is Cc1ccc2c(n1)Oc1nc(-c3ccc(S(=O)(=O)C(C)C)cc3)ccc1[C@H]2C(C)(C)C(=O)Nc1nncs1. The second-order valence-corrected chi connectivity index (χ2v) is 13.3. The molecule has 3 aromatic heterocycles. The largest absolute Gasteiger partial charge is 0.420 e. The number of rotatable bonds is 6. The molecule has 1 amide bonds. The zero-order valence-electron chi connectivity index (χ0n) is 21.6. The number of hydrogen-bond donors (Lipinski definition) is 1. The van der Waals surface area contributed by atoms with Crippen molar-refractivity contribution in [2.24, 2.45) is 5.41 Å². The summed E-state index contributed by atoms with van der Waals surface area (Å²) in [7, 11) is -3.38. The number of carbonyl (C=O) groups excluding carboxylic acids is 1. The van der Waals surface area contributed by atoms with Crippen LogP contribution in [0.5, 0.6) is 11.8 Å². The summed E-state index contributed by atoms with van der Waals surface area (Å²) in [6.45, 7) is 8.93. The van der Waals surface area contributed by atoms with Gasteiger partial charge in [-0.05, 0) is 45.0 Å². The van der Waals surface area contributed by atoms with Gasteiger partial charge in [-0.25, -0.2) is 18.4 Å². The number of benzene rings is 1. The van der Waals surface area contributed by atoms with E-state index in [0.717, 1.165) is 22.4 Å². The maximum Gasteiger partial charge on any atom is 0.232 e. The van der Waals surface area contributed by atoms with Crippen LogP contribution in [-0.4, -0.2) is 39.7 Å². The third-order valence-electron chi connectivity index (χ3n) is 6.72. The van der Waals surface area contributed by atoms with Crippen molar-refractivity contribution in [3.8, 4) is 23.0 Å². The Morgan fingerprint density at radius 2 is 1.66 bits per heavy atom. The van der Waals surface area contributed by atoms with Crippen LogP contribution in [0.15, 0.2) is 58.9 Å². The van der Waals surface area contributed by atoms with E-state index in [0.29, 0.717) is 22.6 Å². The number of nitrogens with zero attached hydrogens (tertiary/aromatic N) is 4.